The quantitative estimate of drug-likeness (QED) is 0.560. The second-order valence-corrected chi connectivity index (χ2v) is 9.31. The summed E-state index contributed by atoms with van der Waals surface area (Å²) in [5.74, 6) is -1.20. The Labute approximate surface area is 187 Å². The molecule has 170 valence electrons. The normalized spacial score (nSPS) is 16.1. The van der Waals surface area contributed by atoms with Crippen molar-refractivity contribution in [2.75, 3.05) is 28.6 Å². The van der Waals surface area contributed by atoms with E-state index in [1.54, 1.807) is 24.3 Å². The lowest BCUT2D eigenvalue weighted by molar-refractivity contribution is -0.122. The summed E-state index contributed by atoms with van der Waals surface area (Å²) in [5, 5.41) is 5.41. The van der Waals surface area contributed by atoms with Crippen molar-refractivity contribution in [3.05, 3.63) is 48.5 Å². The maximum Gasteiger partial charge on any atom is 0.240 e. The summed E-state index contributed by atoms with van der Waals surface area (Å²) in [6.45, 7) is 3.87. The second kappa shape index (κ2) is 9.92. The first-order valence-electron chi connectivity index (χ1n) is 10.3. The summed E-state index contributed by atoms with van der Waals surface area (Å²) in [6.07, 6.45) is 0.761. The number of carbonyl (C=O) groups is 3. The van der Waals surface area contributed by atoms with Gasteiger partial charge in [0.2, 0.25) is 27.7 Å². The van der Waals surface area contributed by atoms with Gasteiger partial charge in [0, 0.05) is 43.5 Å². The number of anilines is 3. The Morgan fingerprint density at radius 2 is 1.59 bits per heavy atom. The van der Waals surface area contributed by atoms with E-state index in [1.165, 1.54) is 36.1 Å². The summed E-state index contributed by atoms with van der Waals surface area (Å²) in [4.78, 5) is 37.9. The standard InChI is InChI=1S/C22H26N4O5S/c1-3-12-23-32(30,31)20-10-6-18(7-11-20)25-22(29)16-13-21(28)26(14-16)19-8-4-17(5-9-19)24-15(2)27/h4-11,16,23H,3,12-14H2,1-2H3,(H,24,27)(H,25,29). The van der Waals surface area contributed by atoms with Crippen molar-refractivity contribution < 1.29 is 22.8 Å². The molecule has 1 fully saturated rings. The van der Waals surface area contributed by atoms with Crippen molar-refractivity contribution in [1.29, 1.82) is 0 Å². The number of hydrogen-bond acceptors (Lipinski definition) is 5. The largest absolute Gasteiger partial charge is 0.326 e. The SMILES string of the molecule is CCCNS(=O)(=O)c1ccc(NC(=O)C2CC(=O)N(c3ccc(NC(C)=O)cc3)C2)cc1. The van der Waals surface area contributed by atoms with Crippen LogP contribution in [0.3, 0.4) is 0 Å². The lowest BCUT2D eigenvalue weighted by Gasteiger charge is -2.17. The highest BCUT2D eigenvalue weighted by Gasteiger charge is 2.35. The van der Waals surface area contributed by atoms with E-state index in [9.17, 15) is 22.8 Å². The van der Waals surface area contributed by atoms with Gasteiger partial charge in [0.15, 0.2) is 0 Å². The number of rotatable bonds is 8. The van der Waals surface area contributed by atoms with Gasteiger partial charge in [-0.15, -0.1) is 0 Å². The van der Waals surface area contributed by atoms with Crippen molar-refractivity contribution in [2.24, 2.45) is 5.92 Å². The van der Waals surface area contributed by atoms with Crippen LogP contribution in [0.15, 0.2) is 53.4 Å². The maximum atomic E-state index is 12.7. The average molecular weight is 459 g/mol. The van der Waals surface area contributed by atoms with Crippen LogP contribution in [0.2, 0.25) is 0 Å². The number of nitrogens with one attached hydrogen (secondary N) is 3. The molecule has 9 nitrogen and oxygen atoms in total. The van der Waals surface area contributed by atoms with Crippen LogP contribution in [0.1, 0.15) is 26.7 Å². The van der Waals surface area contributed by atoms with Gasteiger partial charge in [-0.25, -0.2) is 13.1 Å². The zero-order valence-corrected chi connectivity index (χ0v) is 18.7. The van der Waals surface area contributed by atoms with E-state index >= 15 is 0 Å². The lowest BCUT2D eigenvalue weighted by Crippen LogP contribution is -2.28. The molecule has 3 rings (SSSR count). The van der Waals surface area contributed by atoms with Gasteiger partial charge in [0.25, 0.3) is 0 Å². The van der Waals surface area contributed by atoms with Gasteiger partial charge in [0.05, 0.1) is 10.8 Å². The minimum atomic E-state index is -3.58. The Balaban J connectivity index is 1.61. The Kier molecular flexibility index (Phi) is 7.26. The second-order valence-electron chi connectivity index (χ2n) is 7.54. The molecular formula is C22H26N4O5S. The van der Waals surface area contributed by atoms with E-state index in [-0.39, 0.29) is 35.6 Å². The zero-order chi connectivity index (χ0) is 23.3. The van der Waals surface area contributed by atoms with Crippen molar-refractivity contribution in [2.45, 2.75) is 31.6 Å². The van der Waals surface area contributed by atoms with E-state index in [2.05, 4.69) is 15.4 Å². The molecule has 0 bridgehead atoms. The molecule has 10 heteroatoms. The summed E-state index contributed by atoms with van der Waals surface area (Å²) in [6, 6.07) is 12.7. The molecule has 32 heavy (non-hydrogen) atoms. The Morgan fingerprint density at radius 3 is 2.19 bits per heavy atom. The number of sulfonamides is 1. The number of hydrogen-bond donors (Lipinski definition) is 3. The molecule has 0 saturated carbocycles. The molecule has 1 aliphatic heterocycles. The van der Waals surface area contributed by atoms with Gasteiger partial charge in [-0.1, -0.05) is 6.92 Å². The highest BCUT2D eigenvalue weighted by atomic mass is 32.2. The highest BCUT2D eigenvalue weighted by Crippen LogP contribution is 2.27. The molecule has 1 heterocycles. The van der Waals surface area contributed by atoms with Gasteiger partial charge < -0.3 is 15.5 Å². The average Bonchev–Trinajstić information content (AvgIpc) is 3.15. The Morgan fingerprint density at radius 1 is 1.00 bits per heavy atom. The number of nitrogens with zero attached hydrogens (tertiary/aromatic N) is 1. The van der Waals surface area contributed by atoms with Crippen LogP contribution in [-0.4, -0.2) is 39.2 Å². The molecule has 0 radical (unpaired) electrons. The molecule has 1 aliphatic rings. The van der Waals surface area contributed by atoms with Crippen LogP contribution in [-0.2, 0) is 24.4 Å². The lowest BCUT2D eigenvalue weighted by atomic mass is 10.1. The molecule has 1 saturated heterocycles. The molecule has 3 N–H and O–H groups in total. The number of amides is 3. The van der Waals surface area contributed by atoms with E-state index in [0.29, 0.717) is 30.0 Å². The fourth-order valence-electron chi connectivity index (χ4n) is 3.34. The molecule has 2 aromatic carbocycles. The van der Waals surface area contributed by atoms with Crippen LogP contribution >= 0.6 is 0 Å². The molecule has 2 aromatic rings. The van der Waals surface area contributed by atoms with Crippen LogP contribution in [0.5, 0.6) is 0 Å². The third-order valence-corrected chi connectivity index (χ3v) is 6.45. The molecule has 0 aliphatic carbocycles. The summed E-state index contributed by atoms with van der Waals surface area (Å²) >= 11 is 0. The fraction of sp³-hybridized carbons (Fsp3) is 0.318. The van der Waals surface area contributed by atoms with Crippen molar-refractivity contribution in [3.8, 4) is 0 Å². The van der Waals surface area contributed by atoms with Crippen molar-refractivity contribution in [1.82, 2.24) is 4.72 Å². The highest BCUT2D eigenvalue weighted by molar-refractivity contribution is 7.89. The molecule has 1 atom stereocenters. The maximum absolute atomic E-state index is 12.7. The van der Waals surface area contributed by atoms with Crippen LogP contribution in [0, 0.1) is 5.92 Å². The van der Waals surface area contributed by atoms with Gasteiger partial charge in [-0.05, 0) is 55.0 Å². The summed E-state index contributed by atoms with van der Waals surface area (Å²) in [7, 11) is -3.58. The minimum Gasteiger partial charge on any atom is -0.326 e. The monoisotopic (exact) mass is 458 g/mol. The fourth-order valence-corrected chi connectivity index (χ4v) is 4.48. The Hall–Kier alpha value is -3.24. The van der Waals surface area contributed by atoms with Crippen LogP contribution < -0.4 is 20.3 Å². The third kappa shape index (κ3) is 5.71. The van der Waals surface area contributed by atoms with Crippen molar-refractivity contribution in [3.63, 3.8) is 0 Å². The first kappa shape index (κ1) is 23.4. The van der Waals surface area contributed by atoms with Gasteiger partial charge in [0.1, 0.15) is 0 Å². The predicted molar refractivity (Wildman–Crippen MR) is 122 cm³/mol. The molecule has 0 spiro atoms. The van der Waals surface area contributed by atoms with E-state index in [1.807, 2.05) is 6.92 Å². The summed E-state index contributed by atoms with van der Waals surface area (Å²) < 4.78 is 26.8. The predicted octanol–water partition coefficient (Wildman–Crippen LogP) is 2.32. The number of carbonyl (C=O) groups excluding carboxylic acids is 3. The number of benzene rings is 2. The molecule has 3 amide bonds. The first-order valence-corrected chi connectivity index (χ1v) is 11.8. The topological polar surface area (TPSA) is 125 Å². The van der Waals surface area contributed by atoms with Gasteiger partial charge in [-0.3, -0.25) is 14.4 Å². The zero-order valence-electron chi connectivity index (χ0n) is 17.9. The van der Waals surface area contributed by atoms with Gasteiger partial charge >= 0.3 is 0 Å². The first-order chi connectivity index (χ1) is 15.2. The smallest absolute Gasteiger partial charge is 0.240 e. The summed E-state index contributed by atoms with van der Waals surface area (Å²) in [5.41, 5.74) is 1.72. The molecule has 1 unspecified atom stereocenters. The van der Waals surface area contributed by atoms with E-state index in [0.717, 1.165) is 0 Å². The minimum absolute atomic E-state index is 0.0761. The van der Waals surface area contributed by atoms with Crippen LogP contribution in [0.4, 0.5) is 17.1 Å². The van der Waals surface area contributed by atoms with Crippen molar-refractivity contribution >= 4 is 44.8 Å². The molecule has 0 aromatic heterocycles. The van der Waals surface area contributed by atoms with E-state index < -0.39 is 15.9 Å². The van der Waals surface area contributed by atoms with E-state index in [4.69, 9.17) is 0 Å². The van der Waals surface area contributed by atoms with Crippen LogP contribution in [0.25, 0.3) is 0 Å². The third-order valence-electron chi connectivity index (χ3n) is 4.97. The Bertz CT molecular complexity index is 1100. The molecular weight excluding hydrogens is 432 g/mol. The van der Waals surface area contributed by atoms with Gasteiger partial charge in [-0.2, -0.15) is 0 Å².